The standard InChI is InChI=1S/C21H29NO3/c1-15(7-6-8-16(2)13-20(23)24)9-10-19-17(3)18(14-22-25)11-12-21(19,4)5/h6-10,13-14,18,25H,11-12H2,1-5H3,(H,23,24)/b8-6+,10-9+,15-7+,16-13+,22-14-. The molecule has 0 aromatic carbocycles. The van der Waals surface area contributed by atoms with E-state index < -0.39 is 5.97 Å². The van der Waals surface area contributed by atoms with Crippen LogP contribution >= 0.6 is 0 Å². The first kappa shape index (κ1) is 20.7. The van der Waals surface area contributed by atoms with Crippen molar-refractivity contribution < 1.29 is 15.1 Å². The van der Waals surface area contributed by atoms with E-state index in [4.69, 9.17) is 10.3 Å². The van der Waals surface area contributed by atoms with E-state index in [0.717, 1.165) is 18.4 Å². The molecule has 1 rings (SSSR count). The Kier molecular flexibility index (Phi) is 7.62. The van der Waals surface area contributed by atoms with Crippen molar-refractivity contribution >= 4 is 12.2 Å². The highest BCUT2D eigenvalue weighted by molar-refractivity contribution is 5.81. The molecule has 0 aromatic heterocycles. The molecule has 0 fully saturated rings. The largest absolute Gasteiger partial charge is 0.478 e. The van der Waals surface area contributed by atoms with E-state index >= 15 is 0 Å². The van der Waals surface area contributed by atoms with Gasteiger partial charge in [-0.2, -0.15) is 0 Å². The number of carboxylic acids is 1. The van der Waals surface area contributed by atoms with Crippen LogP contribution in [0.1, 0.15) is 47.5 Å². The second kappa shape index (κ2) is 9.21. The van der Waals surface area contributed by atoms with Crippen molar-refractivity contribution in [1.29, 1.82) is 0 Å². The lowest BCUT2D eigenvalue weighted by Crippen LogP contribution is -2.25. The van der Waals surface area contributed by atoms with Crippen LogP contribution in [0, 0.1) is 11.3 Å². The number of carboxylic acid groups (broad SMARTS) is 1. The van der Waals surface area contributed by atoms with Gasteiger partial charge in [-0.25, -0.2) is 4.79 Å². The second-order valence-corrected chi connectivity index (χ2v) is 7.22. The lowest BCUT2D eigenvalue weighted by molar-refractivity contribution is -0.131. The van der Waals surface area contributed by atoms with Gasteiger partial charge in [0.05, 0.1) is 6.21 Å². The summed E-state index contributed by atoms with van der Waals surface area (Å²) in [5, 5.41) is 20.7. The van der Waals surface area contributed by atoms with E-state index in [0.29, 0.717) is 5.57 Å². The van der Waals surface area contributed by atoms with Crippen molar-refractivity contribution in [2.75, 3.05) is 0 Å². The van der Waals surface area contributed by atoms with Gasteiger partial charge in [-0.05, 0) is 50.2 Å². The molecular weight excluding hydrogens is 314 g/mol. The first-order valence-electron chi connectivity index (χ1n) is 8.50. The molecule has 1 unspecified atom stereocenters. The van der Waals surface area contributed by atoms with Crippen LogP contribution in [-0.4, -0.2) is 22.5 Å². The zero-order valence-corrected chi connectivity index (χ0v) is 15.8. The summed E-state index contributed by atoms with van der Waals surface area (Å²) in [6, 6.07) is 0. The molecule has 1 aliphatic carbocycles. The van der Waals surface area contributed by atoms with E-state index in [9.17, 15) is 4.79 Å². The second-order valence-electron chi connectivity index (χ2n) is 7.22. The molecule has 0 aromatic rings. The quantitative estimate of drug-likeness (QED) is 0.226. The fraction of sp³-hybridized carbons (Fsp3) is 0.429. The van der Waals surface area contributed by atoms with Crippen molar-refractivity contribution in [2.45, 2.75) is 47.5 Å². The third-order valence-electron chi connectivity index (χ3n) is 4.62. The number of nitrogens with zero attached hydrogens (tertiary/aromatic N) is 1. The average Bonchev–Trinajstić information content (AvgIpc) is 2.49. The Balaban J connectivity index is 2.97. The molecule has 1 aliphatic rings. The molecule has 0 saturated heterocycles. The third-order valence-corrected chi connectivity index (χ3v) is 4.62. The summed E-state index contributed by atoms with van der Waals surface area (Å²) in [4.78, 5) is 10.6. The molecule has 25 heavy (non-hydrogen) atoms. The van der Waals surface area contributed by atoms with Gasteiger partial charge >= 0.3 is 5.97 Å². The maximum Gasteiger partial charge on any atom is 0.328 e. The summed E-state index contributed by atoms with van der Waals surface area (Å²) in [5.41, 5.74) is 4.39. The molecule has 136 valence electrons. The smallest absolute Gasteiger partial charge is 0.328 e. The Morgan fingerprint density at radius 1 is 1.24 bits per heavy atom. The lowest BCUT2D eigenvalue weighted by Gasteiger charge is -2.36. The summed E-state index contributed by atoms with van der Waals surface area (Å²) < 4.78 is 0. The van der Waals surface area contributed by atoms with Crippen LogP contribution in [-0.2, 0) is 4.79 Å². The molecule has 2 N–H and O–H groups in total. The minimum absolute atomic E-state index is 0.0946. The zero-order valence-electron chi connectivity index (χ0n) is 15.8. The number of oxime groups is 1. The SMILES string of the molecule is CC1=C(/C=C/C(C)=C/C=C/C(C)=C/C(=O)O)C(C)(C)CCC1/C=N\O. The van der Waals surface area contributed by atoms with Crippen molar-refractivity contribution in [3.63, 3.8) is 0 Å². The average molecular weight is 343 g/mol. The Hall–Kier alpha value is -2.36. The number of aliphatic carboxylic acids is 1. The molecule has 0 radical (unpaired) electrons. The van der Waals surface area contributed by atoms with Crippen LogP contribution in [0.4, 0.5) is 0 Å². The Morgan fingerprint density at radius 2 is 1.92 bits per heavy atom. The van der Waals surface area contributed by atoms with Crippen molar-refractivity contribution in [3.8, 4) is 0 Å². The van der Waals surface area contributed by atoms with E-state index in [2.05, 4.69) is 38.1 Å². The van der Waals surface area contributed by atoms with Crippen molar-refractivity contribution in [2.24, 2.45) is 16.5 Å². The fourth-order valence-corrected chi connectivity index (χ4v) is 3.09. The highest BCUT2D eigenvalue weighted by Crippen LogP contribution is 2.43. The Labute approximate surface area is 150 Å². The molecule has 1 atom stereocenters. The number of hydrogen-bond donors (Lipinski definition) is 2. The molecule has 0 saturated carbocycles. The lowest BCUT2D eigenvalue weighted by atomic mass is 9.69. The van der Waals surface area contributed by atoms with Gasteiger partial charge in [0.1, 0.15) is 0 Å². The molecule has 0 bridgehead atoms. The van der Waals surface area contributed by atoms with Gasteiger partial charge in [0.25, 0.3) is 0 Å². The number of rotatable bonds is 6. The minimum atomic E-state index is -0.939. The molecule has 4 nitrogen and oxygen atoms in total. The van der Waals surface area contributed by atoms with Crippen LogP contribution in [0.3, 0.4) is 0 Å². The van der Waals surface area contributed by atoms with Gasteiger partial charge in [0, 0.05) is 12.0 Å². The highest BCUT2D eigenvalue weighted by atomic mass is 16.4. The Morgan fingerprint density at radius 3 is 2.52 bits per heavy atom. The van der Waals surface area contributed by atoms with Crippen molar-refractivity contribution in [1.82, 2.24) is 0 Å². The van der Waals surface area contributed by atoms with Gasteiger partial charge in [-0.3, -0.25) is 0 Å². The topological polar surface area (TPSA) is 69.9 Å². The number of carbonyl (C=O) groups is 1. The van der Waals surface area contributed by atoms with Crippen LogP contribution in [0.2, 0.25) is 0 Å². The molecule has 0 heterocycles. The first-order valence-corrected chi connectivity index (χ1v) is 8.50. The number of hydrogen-bond acceptors (Lipinski definition) is 3. The summed E-state index contributed by atoms with van der Waals surface area (Å²) in [5.74, 6) is -0.753. The molecule has 4 heteroatoms. The predicted octanol–water partition coefficient (Wildman–Crippen LogP) is 5.29. The summed E-state index contributed by atoms with van der Waals surface area (Å²) in [6.45, 7) is 10.3. The fourth-order valence-electron chi connectivity index (χ4n) is 3.09. The van der Waals surface area contributed by atoms with Crippen LogP contribution in [0.25, 0.3) is 0 Å². The molecule has 0 spiro atoms. The van der Waals surface area contributed by atoms with Crippen molar-refractivity contribution in [3.05, 3.63) is 58.7 Å². The maximum atomic E-state index is 10.6. The van der Waals surface area contributed by atoms with Gasteiger partial charge in [0.15, 0.2) is 0 Å². The normalized spacial score (nSPS) is 22.5. The molecular formula is C21H29NO3. The third kappa shape index (κ3) is 6.57. The van der Waals surface area contributed by atoms with Gasteiger partial charge < -0.3 is 10.3 Å². The minimum Gasteiger partial charge on any atom is -0.478 e. The van der Waals surface area contributed by atoms with Gasteiger partial charge in [0.2, 0.25) is 0 Å². The number of allylic oxidation sites excluding steroid dienone is 9. The van der Waals surface area contributed by atoms with E-state index in [1.54, 1.807) is 19.2 Å². The molecule has 0 amide bonds. The molecule has 0 aliphatic heterocycles. The summed E-state index contributed by atoms with van der Waals surface area (Å²) in [7, 11) is 0. The van der Waals surface area contributed by atoms with Gasteiger partial charge in [-0.1, -0.05) is 55.4 Å². The van der Waals surface area contributed by atoms with E-state index in [-0.39, 0.29) is 11.3 Å². The van der Waals surface area contributed by atoms with Crippen LogP contribution in [0.15, 0.2) is 63.9 Å². The highest BCUT2D eigenvalue weighted by Gasteiger charge is 2.31. The summed E-state index contributed by atoms with van der Waals surface area (Å²) >= 11 is 0. The first-order chi connectivity index (χ1) is 11.7. The van der Waals surface area contributed by atoms with Gasteiger partial charge in [-0.15, -0.1) is 5.16 Å². The monoisotopic (exact) mass is 343 g/mol. The van der Waals surface area contributed by atoms with E-state index in [1.807, 2.05) is 19.1 Å². The summed E-state index contributed by atoms with van der Waals surface area (Å²) in [6.07, 6.45) is 14.6. The predicted molar refractivity (Wildman–Crippen MR) is 103 cm³/mol. The zero-order chi connectivity index (χ0) is 19.0. The van der Waals surface area contributed by atoms with Crippen LogP contribution < -0.4 is 0 Å². The van der Waals surface area contributed by atoms with E-state index in [1.165, 1.54) is 17.2 Å². The maximum absolute atomic E-state index is 10.6. The Bertz CT molecular complexity index is 673. The van der Waals surface area contributed by atoms with Crippen LogP contribution in [0.5, 0.6) is 0 Å².